The third-order valence-electron chi connectivity index (χ3n) is 7.88. The summed E-state index contributed by atoms with van der Waals surface area (Å²) in [6.07, 6.45) is 1.73. The lowest BCUT2D eigenvalue weighted by molar-refractivity contribution is -0.0149. The molecule has 0 radical (unpaired) electrons. The van der Waals surface area contributed by atoms with Gasteiger partial charge in [0.05, 0.1) is 30.4 Å². The van der Waals surface area contributed by atoms with Crippen molar-refractivity contribution in [2.45, 2.75) is 62.5 Å². The van der Waals surface area contributed by atoms with Crippen LogP contribution < -0.4 is 9.46 Å². The summed E-state index contributed by atoms with van der Waals surface area (Å²) < 4.78 is 41.2. The second-order valence-electron chi connectivity index (χ2n) is 11.6. The molecular formula is C33H43N3O7S2. The van der Waals surface area contributed by atoms with Gasteiger partial charge < -0.3 is 24.4 Å². The van der Waals surface area contributed by atoms with Crippen LogP contribution in [0.15, 0.2) is 70.3 Å². The smallest absolute Gasteiger partial charge is 0.271 e. The minimum atomic E-state index is -3.85. The van der Waals surface area contributed by atoms with Crippen molar-refractivity contribution in [3.8, 4) is 5.75 Å². The van der Waals surface area contributed by atoms with Gasteiger partial charge in [0.15, 0.2) is 0 Å². The van der Waals surface area contributed by atoms with Crippen LogP contribution >= 0.6 is 11.3 Å². The van der Waals surface area contributed by atoms with Crippen molar-refractivity contribution >= 4 is 38.9 Å². The van der Waals surface area contributed by atoms with Crippen LogP contribution in [-0.2, 0) is 14.8 Å². The predicted molar refractivity (Wildman–Crippen MR) is 175 cm³/mol. The van der Waals surface area contributed by atoms with E-state index in [0.29, 0.717) is 30.9 Å². The van der Waals surface area contributed by atoms with Crippen LogP contribution in [0.1, 0.15) is 60.7 Å². The minimum absolute atomic E-state index is 0.125. The summed E-state index contributed by atoms with van der Waals surface area (Å²) in [5.74, 6) is -0.416. The first-order valence-electron chi connectivity index (χ1n) is 15.2. The molecule has 0 saturated heterocycles. The Labute approximate surface area is 270 Å². The van der Waals surface area contributed by atoms with Gasteiger partial charge in [0.1, 0.15) is 9.96 Å². The quantitative estimate of drug-likeness (QED) is 0.345. The lowest BCUT2D eigenvalue weighted by Crippen LogP contribution is -2.48. The van der Waals surface area contributed by atoms with Crippen molar-refractivity contribution in [2.75, 3.05) is 38.1 Å². The Morgan fingerprint density at radius 1 is 1.13 bits per heavy atom. The number of thiophene rings is 1. The molecule has 0 bridgehead atoms. The molecule has 1 aliphatic rings. The zero-order chi connectivity index (χ0) is 32.6. The van der Waals surface area contributed by atoms with E-state index in [1.807, 2.05) is 32.0 Å². The molecule has 244 valence electrons. The fourth-order valence-corrected chi connectivity index (χ4v) is 7.27. The van der Waals surface area contributed by atoms with Gasteiger partial charge >= 0.3 is 0 Å². The average Bonchev–Trinajstić information content (AvgIpc) is 3.59. The lowest BCUT2D eigenvalue weighted by atomic mass is 10.0. The summed E-state index contributed by atoms with van der Waals surface area (Å²) in [5.41, 5.74) is 0.988. The molecule has 2 amide bonds. The van der Waals surface area contributed by atoms with Crippen molar-refractivity contribution in [1.82, 2.24) is 9.80 Å². The van der Waals surface area contributed by atoms with Crippen LogP contribution in [0, 0.1) is 5.92 Å². The molecule has 1 aliphatic heterocycles. The maximum Gasteiger partial charge on any atom is 0.271 e. The van der Waals surface area contributed by atoms with Crippen molar-refractivity contribution in [3.63, 3.8) is 0 Å². The van der Waals surface area contributed by atoms with Gasteiger partial charge in [-0.3, -0.25) is 14.3 Å². The molecule has 3 aromatic rings. The van der Waals surface area contributed by atoms with Crippen molar-refractivity contribution < 1.29 is 32.6 Å². The van der Waals surface area contributed by atoms with Gasteiger partial charge in [0.25, 0.3) is 21.8 Å². The molecule has 2 aromatic carbocycles. The average molecular weight is 658 g/mol. The van der Waals surface area contributed by atoms with Gasteiger partial charge in [-0.05, 0) is 74.9 Å². The zero-order valence-corrected chi connectivity index (χ0v) is 27.9. The number of hydrogen-bond acceptors (Lipinski definition) is 8. The van der Waals surface area contributed by atoms with E-state index >= 15 is 0 Å². The summed E-state index contributed by atoms with van der Waals surface area (Å²) >= 11 is 1.10. The van der Waals surface area contributed by atoms with E-state index in [4.69, 9.17) is 9.47 Å². The molecule has 2 N–H and O–H groups in total. The molecular weight excluding hydrogens is 615 g/mol. The van der Waals surface area contributed by atoms with E-state index in [1.165, 1.54) is 12.1 Å². The van der Waals surface area contributed by atoms with E-state index in [-0.39, 0.29) is 52.6 Å². The van der Waals surface area contributed by atoms with Gasteiger partial charge in [0.2, 0.25) is 0 Å². The van der Waals surface area contributed by atoms with Gasteiger partial charge in [-0.15, -0.1) is 11.3 Å². The Kier molecular flexibility index (Phi) is 12.0. The minimum Gasteiger partial charge on any atom is -0.490 e. The number of sulfonamides is 1. The number of aliphatic hydroxyl groups is 1. The molecule has 0 fully saturated rings. The molecule has 0 saturated carbocycles. The van der Waals surface area contributed by atoms with Crippen molar-refractivity contribution in [2.24, 2.45) is 5.92 Å². The van der Waals surface area contributed by atoms with Gasteiger partial charge in [-0.25, -0.2) is 8.42 Å². The fraction of sp³-hybridized carbons (Fsp3) is 0.455. The van der Waals surface area contributed by atoms with Gasteiger partial charge in [-0.1, -0.05) is 31.2 Å². The molecule has 4 rings (SSSR count). The topological polar surface area (TPSA) is 125 Å². The molecule has 2 heterocycles. The summed E-state index contributed by atoms with van der Waals surface area (Å²) in [5, 5.41) is 11.9. The number of rotatable bonds is 8. The van der Waals surface area contributed by atoms with Crippen LogP contribution in [-0.4, -0.2) is 86.7 Å². The third-order valence-corrected chi connectivity index (χ3v) is 10.7. The van der Waals surface area contributed by atoms with E-state index in [1.54, 1.807) is 59.5 Å². The van der Waals surface area contributed by atoms with E-state index in [0.717, 1.165) is 24.2 Å². The number of likely N-dealkylation sites (N-methyl/N-ethyl adjacent to an activating group) is 1. The predicted octanol–water partition coefficient (Wildman–Crippen LogP) is 5.12. The van der Waals surface area contributed by atoms with Crippen LogP contribution in [0.4, 0.5) is 5.69 Å². The highest BCUT2D eigenvalue weighted by atomic mass is 32.2. The maximum atomic E-state index is 14.3. The van der Waals surface area contributed by atoms with Crippen LogP contribution in [0.5, 0.6) is 5.75 Å². The Hall–Kier alpha value is -3.45. The largest absolute Gasteiger partial charge is 0.490 e. The molecule has 1 aromatic heterocycles. The van der Waals surface area contributed by atoms with E-state index in [9.17, 15) is 23.1 Å². The molecule has 0 aliphatic carbocycles. The van der Waals surface area contributed by atoms with Crippen LogP contribution in [0.3, 0.4) is 0 Å². The number of carbonyl (C=O) groups excluding carboxylic acids is 2. The molecule has 45 heavy (non-hydrogen) atoms. The Bertz CT molecular complexity index is 1520. The Balaban J connectivity index is 1.65. The molecule has 12 heteroatoms. The maximum absolute atomic E-state index is 14.3. The number of benzene rings is 2. The highest BCUT2D eigenvalue weighted by molar-refractivity contribution is 7.94. The molecule has 10 nitrogen and oxygen atoms in total. The first kappa shape index (κ1) is 34.4. The Morgan fingerprint density at radius 3 is 2.58 bits per heavy atom. The molecule has 0 spiro atoms. The number of nitrogens with zero attached hydrogens (tertiary/aromatic N) is 2. The summed E-state index contributed by atoms with van der Waals surface area (Å²) in [6.45, 7) is 6.38. The lowest BCUT2D eigenvalue weighted by Gasteiger charge is -2.36. The van der Waals surface area contributed by atoms with E-state index < -0.39 is 22.0 Å². The number of aliphatic hydroxyl groups excluding tert-OH is 1. The number of anilines is 1. The number of amides is 2. The van der Waals surface area contributed by atoms with Crippen molar-refractivity contribution in [3.05, 3.63) is 77.2 Å². The Morgan fingerprint density at radius 2 is 1.89 bits per heavy atom. The second-order valence-corrected chi connectivity index (χ2v) is 14.5. The summed E-state index contributed by atoms with van der Waals surface area (Å²) in [7, 11) is -2.11. The number of fused-ring (bicyclic) bond motifs is 1. The normalized spacial score (nSPS) is 20.8. The number of carbonyl (C=O) groups is 2. The first-order valence-corrected chi connectivity index (χ1v) is 17.6. The molecule has 4 atom stereocenters. The highest BCUT2D eigenvalue weighted by Crippen LogP contribution is 2.30. The van der Waals surface area contributed by atoms with E-state index in [2.05, 4.69) is 4.72 Å². The second kappa shape index (κ2) is 15.7. The third kappa shape index (κ3) is 9.06. The van der Waals surface area contributed by atoms with Crippen LogP contribution in [0.25, 0.3) is 0 Å². The highest BCUT2D eigenvalue weighted by Gasteiger charge is 2.31. The first-order chi connectivity index (χ1) is 21.5. The molecule has 0 unspecified atom stereocenters. The summed E-state index contributed by atoms with van der Waals surface area (Å²) in [6, 6.07) is 16.3. The van der Waals surface area contributed by atoms with Crippen molar-refractivity contribution in [1.29, 1.82) is 0 Å². The van der Waals surface area contributed by atoms with Gasteiger partial charge in [-0.2, -0.15) is 0 Å². The van der Waals surface area contributed by atoms with Crippen LogP contribution in [0.2, 0.25) is 0 Å². The SMILES string of the molecule is C[C@H]1CCCCO[C@H](CN(C)C(=O)c2ccccc2)[C@@H](C)CN([C@@H](C)CO)C(=O)c2cc(NS(=O)(=O)c3cccs3)ccc2O1. The zero-order valence-electron chi connectivity index (χ0n) is 26.2. The standard InChI is InChI=1S/C33H43N3O7S2/c1-23-20-36(24(2)22-37)33(39)28-19-27(34-45(40,41)31-14-10-18-44-31)15-16-29(28)43-25(3)11-8-9-17-42-30(23)21-35(4)32(38)26-12-6-5-7-13-26/h5-7,10,12-16,18-19,23-25,30,34,37H,8-9,11,17,20-22H2,1-4H3/t23-,24-,25-,30+/m0/s1. The number of hydrogen-bond donors (Lipinski definition) is 2. The number of nitrogens with one attached hydrogen (secondary N) is 1. The monoisotopic (exact) mass is 657 g/mol. The summed E-state index contributed by atoms with van der Waals surface area (Å²) in [4.78, 5) is 30.6. The fourth-order valence-electron chi connectivity index (χ4n) is 5.22. The number of ether oxygens (including phenoxy) is 2. The van der Waals surface area contributed by atoms with Gasteiger partial charge in [0, 0.05) is 43.9 Å².